The molecule has 0 saturated heterocycles. The smallest absolute Gasteiger partial charge is 0.303 e. The van der Waals surface area contributed by atoms with Crippen LogP contribution in [-0.4, -0.2) is 39.4 Å². The van der Waals surface area contributed by atoms with Crippen LogP contribution in [0.1, 0.15) is 103 Å². The van der Waals surface area contributed by atoms with Gasteiger partial charge in [0.1, 0.15) is 0 Å². The molecule has 0 aliphatic rings. The highest BCUT2D eigenvalue weighted by molar-refractivity contribution is 5.93. The summed E-state index contributed by atoms with van der Waals surface area (Å²) in [4.78, 5) is 23.6. The molecule has 1 aromatic carbocycles. The van der Waals surface area contributed by atoms with Crippen LogP contribution in [0.5, 0.6) is 0 Å². The van der Waals surface area contributed by atoms with Crippen molar-refractivity contribution in [1.29, 1.82) is 0 Å². The number of unbranched alkanes of at least 4 members (excludes halogenated alkanes) is 10. The number of carbonyl (C=O) groups is 1. The molecule has 1 atom stereocenters. The van der Waals surface area contributed by atoms with Gasteiger partial charge in [-0.15, -0.1) is 0 Å². The van der Waals surface area contributed by atoms with Crippen LogP contribution >= 0.6 is 0 Å². The maximum Gasteiger partial charge on any atom is 0.303 e. The average molecular weight is 477 g/mol. The van der Waals surface area contributed by atoms with E-state index in [0.29, 0.717) is 11.6 Å². The molecule has 2 rings (SSSR count). The van der Waals surface area contributed by atoms with E-state index >= 15 is 0 Å². The zero-order chi connectivity index (χ0) is 24.8. The van der Waals surface area contributed by atoms with Crippen LogP contribution in [-0.2, 0) is 4.79 Å². The third-order valence-corrected chi connectivity index (χ3v) is 6.57. The van der Waals surface area contributed by atoms with E-state index in [1.165, 1.54) is 51.0 Å². The molecule has 0 amide bonds. The number of hydrogen-bond acceptors (Lipinski definition) is 7. The van der Waals surface area contributed by atoms with Crippen LogP contribution in [0.15, 0.2) is 16.8 Å². The van der Waals surface area contributed by atoms with Crippen LogP contribution in [0.2, 0.25) is 0 Å². The molecule has 1 N–H and O–H groups in total. The summed E-state index contributed by atoms with van der Waals surface area (Å²) in [6.07, 6.45) is 16.0. The molecule has 0 bridgehead atoms. The van der Waals surface area contributed by atoms with Crippen molar-refractivity contribution in [1.82, 2.24) is 10.3 Å². The molecular weight excluding hydrogens is 436 g/mol. The Morgan fingerprint density at radius 1 is 0.971 bits per heavy atom. The van der Waals surface area contributed by atoms with E-state index in [1.807, 2.05) is 7.05 Å². The number of anilines is 1. The molecule has 0 aliphatic heterocycles. The lowest BCUT2D eigenvalue weighted by molar-refractivity contribution is -0.383. The van der Waals surface area contributed by atoms with Gasteiger partial charge in [-0.2, -0.15) is 0 Å². The van der Waals surface area contributed by atoms with Crippen molar-refractivity contribution in [2.45, 2.75) is 109 Å². The molecule has 0 spiro atoms. The number of nitrogens with zero attached hydrogens (tertiary/aromatic N) is 4. The number of fused-ring (bicyclic) bond motifs is 1. The van der Waals surface area contributed by atoms with Crippen molar-refractivity contribution in [3.63, 3.8) is 0 Å². The van der Waals surface area contributed by atoms with Gasteiger partial charge < -0.3 is 10.0 Å². The van der Waals surface area contributed by atoms with E-state index in [0.717, 1.165) is 50.6 Å². The van der Waals surface area contributed by atoms with Gasteiger partial charge in [0.05, 0.1) is 10.6 Å². The molecule has 2 aromatic rings. The molecule has 1 aromatic heterocycles. The van der Waals surface area contributed by atoms with E-state index in [9.17, 15) is 14.9 Å². The topological polar surface area (TPSA) is 123 Å². The summed E-state index contributed by atoms with van der Waals surface area (Å²) in [7, 11) is 2.04. The Bertz CT molecular complexity index is 885. The van der Waals surface area contributed by atoms with Gasteiger partial charge in [0.2, 0.25) is 5.52 Å². The SMILES string of the molecule is CCCCCCC(CCCCCCCCCCC(=O)O)N(C)c1ccc([N+](=O)[O-])c2nonc12. The third-order valence-electron chi connectivity index (χ3n) is 6.57. The Hall–Kier alpha value is -2.71. The largest absolute Gasteiger partial charge is 0.481 e. The summed E-state index contributed by atoms with van der Waals surface area (Å²) < 4.78 is 4.85. The van der Waals surface area contributed by atoms with Gasteiger partial charge in [-0.05, 0) is 35.6 Å². The van der Waals surface area contributed by atoms with Crippen molar-refractivity contribution >= 4 is 28.4 Å². The number of aromatic nitrogens is 2. The Kier molecular flexibility index (Phi) is 12.3. The first-order valence-electron chi connectivity index (χ1n) is 12.8. The summed E-state index contributed by atoms with van der Waals surface area (Å²) in [5.74, 6) is -0.705. The number of carboxylic acids is 1. The van der Waals surface area contributed by atoms with Crippen molar-refractivity contribution in [3.05, 3.63) is 22.2 Å². The number of nitro groups is 1. The Morgan fingerprint density at radius 2 is 1.53 bits per heavy atom. The molecule has 9 heteroatoms. The normalized spacial score (nSPS) is 12.2. The van der Waals surface area contributed by atoms with Gasteiger partial charge in [0, 0.05) is 25.6 Å². The molecule has 0 aliphatic carbocycles. The minimum Gasteiger partial charge on any atom is -0.481 e. The first-order valence-corrected chi connectivity index (χ1v) is 12.8. The molecule has 9 nitrogen and oxygen atoms in total. The molecule has 1 unspecified atom stereocenters. The van der Waals surface area contributed by atoms with Crippen molar-refractivity contribution in [2.75, 3.05) is 11.9 Å². The van der Waals surface area contributed by atoms with Gasteiger partial charge in [-0.3, -0.25) is 14.9 Å². The van der Waals surface area contributed by atoms with Crippen LogP contribution in [0.25, 0.3) is 11.0 Å². The second-order valence-electron chi connectivity index (χ2n) is 9.20. The van der Waals surface area contributed by atoms with Crippen LogP contribution in [0, 0.1) is 10.1 Å². The summed E-state index contributed by atoms with van der Waals surface area (Å²) in [5, 5.41) is 27.7. The quantitative estimate of drug-likeness (QED) is 0.132. The van der Waals surface area contributed by atoms with Gasteiger partial charge in [-0.25, -0.2) is 4.63 Å². The molecular formula is C25H40N4O5. The minimum absolute atomic E-state index is 0.0872. The highest BCUT2D eigenvalue weighted by Gasteiger charge is 2.24. The number of aliphatic carboxylic acids is 1. The van der Waals surface area contributed by atoms with E-state index < -0.39 is 10.9 Å². The molecule has 0 radical (unpaired) electrons. The average Bonchev–Trinajstić information content (AvgIpc) is 3.30. The number of non-ortho nitro benzene ring substituents is 1. The van der Waals surface area contributed by atoms with Crippen molar-refractivity contribution in [3.8, 4) is 0 Å². The van der Waals surface area contributed by atoms with Crippen LogP contribution in [0.3, 0.4) is 0 Å². The third kappa shape index (κ3) is 8.91. The second kappa shape index (κ2) is 15.2. The number of hydrogen-bond donors (Lipinski definition) is 1. The first kappa shape index (κ1) is 27.5. The Balaban J connectivity index is 1.88. The summed E-state index contributed by atoms with van der Waals surface area (Å²) in [6.45, 7) is 2.21. The zero-order valence-electron chi connectivity index (χ0n) is 20.7. The molecule has 1 heterocycles. The lowest BCUT2D eigenvalue weighted by Crippen LogP contribution is -2.32. The maximum absolute atomic E-state index is 11.3. The number of benzene rings is 1. The van der Waals surface area contributed by atoms with E-state index in [1.54, 1.807) is 6.07 Å². The highest BCUT2D eigenvalue weighted by atomic mass is 16.6. The van der Waals surface area contributed by atoms with E-state index in [4.69, 9.17) is 9.74 Å². The van der Waals surface area contributed by atoms with Gasteiger partial charge in [0.15, 0.2) is 5.52 Å². The molecule has 0 fully saturated rings. The van der Waals surface area contributed by atoms with Crippen molar-refractivity contribution in [2.24, 2.45) is 0 Å². The predicted molar refractivity (Wildman–Crippen MR) is 133 cm³/mol. The minimum atomic E-state index is -0.705. The molecule has 34 heavy (non-hydrogen) atoms. The lowest BCUT2D eigenvalue weighted by Gasteiger charge is -2.30. The first-order chi connectivity index (χ1) is 16.5. The zero-order valence-corrected chi connectivity index (χ0v) is 20.7. The van der Waals surface area contributed by atoms with Gasteiger partial charge in [0.25, 0.3) is 0 Å². The van der Waals surface area contributed by atoms with Crippen LogP contribution < -0.4 is 4.90 Å². The molecule has 0 saturated carbocycles. The Morgan fingerprint density at radius 3 is 2.12 bits per heavy atom. The number of nitro benzene ring substituents is 1. The fraction of sp³-hybridized carbons (Fsp3) is 0.720. The monoisotopic (exact) mass is 476 g/mol. The van der Waals surface area contributed by atoms with Crippen LogP contribution in [0.4, 0.5) is 11.4 Å². The second-order valence-corrected chi connectivity index (χ2v) is 9.20. The van der Waals surface area contributed by atoms with Gasteiger partial charge in [-0.1, -0.05) is 77.6 Å². The van der Waals surface area contributed by atoms with E-state index in [-0.39, 0.29) is 17.6 Å². The maximum atomic E-state index is 11.3. The highest BCUT2D eigenvalue weighted by Crippen LogP contribution is 2.33. The summed E-state index contributed by atoms with van der Waals surface area (Å²) in [6, 6.07) is 3.58. The fourth-order valence-corrected chi connectivity index (χ4v) is 4.52. The molecule has 190 valence electrons. The Labute approximate surface area is 202 Å². The van der Waals surface area contributed by atoms with Crippen molar-refractivity contribution < 1.29 is 19.5 Å². The standard InChI is InChI=1S/C25H40N4O5/c1-3-4-5-12-15-20(16-13-10-8-6-7-9-11-14-17-23(30)31)28(2)21-18-19-22(29(32)33)25-24(21)26-34-27-25/h18-20H,3-17H2,1-2H3,(H,30,31). The summed E-state index contributed by atoms with van der Waals surface area (Å²) >= 11 is 0. The predicted octanol–water partition coefficient (Wildman–Crippen LogP) is 6.89. The van der Waals surface area contributed by atoms with Gasteiger partial charge >= 0.3 is 11.7 Å². The number of rotatable bonds is 19. The summed E-state index contributed by atoms with van der Waals surface area (Å²) in [5.41, 5.74) is 1.38. The lowest BCUT2D eigenvalue weighted by atomic mass is 9.98. The fourth-order valence-electron chi connectivity index (χ4n) is 4.52. The van der Waals surface area contributed by atoms with E-state index in [2.05, 4.69) is 22.1 Å². The number of carboxylic acid groups (broad SMARTS) is 1.